The zero-order valence-electron chi connectivity index (χ0n) is 20.4. The summed E-state index contributed by atoms with van der Waals surface area (Å²) in [6.07, 6.45) is 9.88. The average Bonchev–Trinajstić information content (AvgIpc) is 2.76. The van der Waals surface area contributed by atoms with E-state index in [0.29, 0.717) is 17.6 Å². The number of halogens is 1. The molecule has 0 N–H and O–H groups in total. The molecule has 1 heterocycles. The number of rotatable bonds is 7. The first-order chi connectivity index (χ1) is 14.8. The van der Waals surface area contributed by atoms with Gasteiger partial charge < -0.3 is 4.52 Å². The summed E-state index contributed by atoms with van der Waals surface area (Å²) in [6, 6.07) is 4.42. The quantitative estimate of drug-likeness (QED) is 0.388. The topological polar surface area (TPSA) is 18.5 Å². The van der Waals surface area contributed by atoms with Crippen molar-refractivity contribution < 1.29 is 13.2 Å². The van der Waals surface area contributed by atoms with Crippen LogP contribution in [0.4, 0.5) is 4.20 Å². The minimum atomic E-state index is -2.47. The van der Waals surface area contributed by atoms with E-state index in [4.69, 9.17) is 9.05 Å². The van der Waals surface area contributed by atoms with Gasteiger partial charge in [0.05, 0.1) is 6.10 Å². The third-order valence-electron chi connectivity index (χ3n) is 7.36. The molecule has 0 spiro atoms. The highest BCUT2D eigenvalue weighted by Crippen LogP contribution is 2.54. The Balaban J connectivity index is 2.12. The Morgan fingerprint density at radius 2 is 1.81 bits per heavy atom. The molecule has 172 valence electrons. The minimum absolute atomic E-state index is 0.128. The molecule has 0 saturated heterocycles. The van der Waals surface area contributed by atoms with Crippen LogP contribution in [0.2, 0.25) is 0 Å². The molecule has 0 bridgehead atoms. The van der Waals surface area contributed by atoms with Crippen molar-refractivity contribution in [2.45, 2.75) is 98.5 Å². The number of unbranched alkanes of at least 4 members (excludes halogenated alkanes) is 1. The minimum Gasteiger partial charge on any atom is -0.423 e. The number of aryl methyl sites for hydroxylation is 1. The van der Waals surface area contributed by atoms with E-state index in [-0.39, 0.29) is 17.9 Å². The zero-order valence-corrected chi connectivity index (χ0v) is 21.3. The molecule has 2 nitrogen and oxygen atoms in total. The molecule has 2 aliphatic rings. The first kappa shape index (κ1) is 24.5. The van der Waals surface area contributed by atoms with Gasteiger partial charge in [0.25, 0.3) is 0 Å². The average molecular weight is 447 g/mol. The Morgan fingerprint density at radius 1 is 1.10 bits per heavy atom. The standard InChI is InChI=1S/C27H40FO2P/c1-8-11-12-21-14-23(18(5)10-3)16-25-20(7)24-15-22(17(4)9-2)13-19(6)26(24)29-31(28)30-27(21)25/h13-18,20-21,27H,8-12H2,1-7H3. The van der Waals surface area contributed by atoms with Crippen LogP contribution in [0.1, 0.15) is 102 Å². The van der Waals surface area contributed by atoms with E-state index in [0.717, 1.165) is 43.2 Å². The largest absolute Gasteiger partial charge is 0.439 e. The number of allylic oxidation sites excluding steroid dienone is 2. The summed E-state index contributed by atoms with van der Waals surface area (Å²) < 4.78 is 26.9. The summed E-state index contributed by atoms with van der Waals surface area (Å²) in [7, 11) is -2.47. The van der Waals surface area contributed by atoms with Crippen LogP contribution in [0.15, 0.2) is 35.4 Å². The van der Waals surface area contributed by atoms with Crippen molar-refractivity contribution in [1.82, 2.24) is 0 Å². The summed E-state index contributed by atoms with van der Waals surface area (Å²) in [5.41, 5.74) is 6.02. The van der Waals surface area contributed by atoms with Crippen molar-refractivity contribution in [1.29, 1.82) is 0 Å². The Kier molecular flexibility index (Phi) is 8.38. The van der Waals surface area contributed by atoms with E-state index >= 15 is 4.20 Å². The van der Waals surface area contributed by atoms with Crippen molar-refractivity contribution >= 4 is 8.69 Å². The van der Waals surface area contributed by atoms with Crippen molar-refractivity contribution in [2.75, 3.05) is 0 Å². The fourth-order valence-corrected chi connectivity index (χ4v) is 5.68. The number of benzene rings is 1. The predicted octanol–water partition coefficient (Wildman–Crippen LogP) is 9.30. The molecule has 3 rings (SSSR count). The second kappa shape index (κ2) is 10.6. The molecular formula is C27H40FO2P. The molecule has 6 unspecified atom stereocenters. The van der Waals surface area contributed by atoms with Gasteiger partial charge in [-0.2, -0.15) is 0 Å². The van der Waals surface area contributed by atoms with Gasteiger partial charge in [0.15, 0.2) is 0 Å². The van der Waals surface area contributed by atoms with Gasteiger partial charge in [0, 0.05) is 17.4 Å². The number of fused-ring (bicyclic) bond motifs is 2. The number of hydrogen-bond acceptors (Lipinski definition) is 2. The molecule has 4 heteroatoms. The second-order valence-corrected chi connectivity index (χ2v) is 10.4. The third kappa shape index (κ3) is 5.25. The molecular weight excluding hydrogens is 406 g/mol. The van der Waals surface area contributed by atoms with Crippen LogP contribution >= 0.6 is 8.69 Å². The lowest BCUT2D eigenvalue weighted by Crippen LogP contribution is -2.31. The smallest absolute Gasteiger partial charge is 0.423 e. The van der Waals surface area contributed by atoms with Crippen molar-refractivity contribution in [3.63, 3.8) is 0 Å². The third-order valence-corrected chi connectivity index (χ3v) is 8.08. The summed E-state index contributed by atoms with van der Waals surface area (Å²) in [4.78, 5) is 0. The van der Waals surface area contributed by atoms with E-state index in [9.17, 15) is 0 Å². The SMILES string of the molecule is CCCCC1C=C(C(C)CC)C=C2C(C)c3cc(C(C)CC)cc(C)c3OP(F)OC21. The lowest BCUT2D eigenvalue weighted by Gasteiger charge is -2.38. The van der Waals surface area contributed by atoms with Crippen LogP contribution in [0, 0.1) is 18.8 Å². The Labute approximate surface area is 190 Å². The molecule has 0 radical (unpaired) electrons. The van der Waals surface area contributed by atoms with Gasteiger partial charge in [-0.1, -0.05) is 78.7 Å². The maximum absolute atomic E-state index is 15.1. The van der Waals surface area contributed by atoms with Crippen LogP contribution in [0.5, 0.6) is 5.75 Å². The van der Waals surface area contributed by atoms with E-state index in [1.54, 1.807) is 0 Å². The van der Waals surface area contributed by atoms with Crippen LogP contribution in [-0.4, -0.2) is 6.10 Å². The highest BCUT2D eigenvalue weighted by molar-refractivity contribution is 7.41. The molecule has 0 fully saturated rings. The Hall–Kier alpha value is -1.18. The fourth-order valence-electron chi connectivity index (χ4n) is 4.79. The van der Waals surface area contributed by atoms with E-state index in [2.05, 4.69) is 65.8 Å². The lowest BCUT2D eigenvalue weighted by atomic mass is 9.75. The summed E-state index contributed by atoms with van der Waals surface area (Å²) in [5, 5.41) is 0. The molecule has 0 saturated carbocycles. The number of hydrogen-bond donors (Lipinski definition) is 0. The first-order valence-electron chi connectivity index (χ1n) is 12.2. The highest BCUT2D eigenvalue weighted by atomic mass is 31.2. The summed E-state index contributed by atoms with van der Waals surface area (Å²) >= 11 is 0. The second-order valence-electron chi connectivity index (χ2n) is 9.54. The monoisotopic (exact) mass is 446 g/mol. The predicted molar refractivity (Wildman–Crippen MR) is 130 cm³/mol. The van der Waals surface area contributed by atoms with E-state index in [1.165, 1.54) is 16.7 Å². The molecule has 1 aromatic carbocycles. The van der Waals surface area contributed by atoms with E-state index in [1.807, 2.05) is 6.92 Å². The molecule has 0 amide bonds. The lowest BCUT2D eigenvalue weighted by molar-refractivity contribution is 0.159. The first-order valence-corrected chi connectivity index (χ1v) is 13.3. The maximum atomic E-state index is 15.1. The zero-order chi connectivity index (χ0) is 22.7. The van der Waals surface area contributed by atoms with Crippen LogP contribution in [0.3, 0.4) is 0 Å². The summed E-state index contributed by atoms with van der Waals surface area (Å²) in [6.45, 7) is 15.5. The van der Waals surface area contributed by atoms with Gasteiger partial charge in [-0.3, -0.25) is 4.52 Å². The maximum Gasteiger partial charge on any atom is 0.439 e. The fraction of sp³-hybridized carbons (Fsp3) is 0.630. The van der Waals surface area contributed by atoms with Crippen LogP contribution in [-0.2, 0) is 4.52 Å². The molecule has 1 aliphatic carbocycles. The van der Waals surface area contributed by atoms with Crippen molar-refractivity contribution in [3.05, 3.63) is 52.1 Å². The summed E-state index contributed by atoms with van der Waals surface area (Å²) in [5.74, 6) is 1.97. The highest BCUT2D eigenvalue weighted by Gasteiger charge is 2.38. The van der Waals surface area contributed by atoms with Crippen LogP contribution < -0.4 is 4.52 Å². The van der Waals surface area contributed by atoms with Gasteiger partial charge >= 0.3 is 8.69 Å². The van der Waals surface area contributed by atoms with Gasteiger partial charge in [0.2, 0.25) is 0 Å². The molecule has 31 heavy (non-hydrogen) atoms. The molecule has 1 aromatic rings. The van der Waals surface area contributed by atoms with Crippen molar-refractivity contribution in [2.24, 2.45) is 11.8 Å². The Bertz CT molecular complexity index is 831. The van der Waals surface area contributed by atoms with E-state index < -0.39 is 8.69 Å². The van der Waals surface area contributed by atoms with Crippen LogP contribution in [0.25, 0.3) is 0 Å². The normalized spacial score (nSPS) is 27.6. The Morgan fingerprint density at radius 3 is 2.45 bits per heavy atom. The molecule has 0 aromatic heterocycles. The van der Waals surface area contributed by atoms with Crippen molar-refractivity contribution in [3.8, 4) is 5.75 Å². The van der Waals surface area contributed by atoms with Gasteiger partial charge in [0.1, 0.15) is 5.75 Å². The molecule has 1 aliphatic heterocycles. The molecule has 6 atom stereocenters. The van der Waals surface area contributed by atoms with Gasteiger partial charge in [-0.05, 0) is 60.3 Å². The van der Waals surface area contributed by atoms with Gasteiger partial charge in [-0.15, -0.1) is 4.20 Å². The van der Waals surface area contributed by atoms with Gasteiger partial charge in [-0.25, -0.2) is 0 Å².